The molecule has 0 radical (unpaired) electrons. The van der Waals surface area contributed by atoms with E-state index < -0.39 is 0 Å². The molecule has 32 heavy (non-hydrogen) atoms. The van der Waals surface area contributed by atoms with Crippen LogP contribution in [0, 0.1) is 0 Å². The van der Waals surface area contributed by atoms with E-state index in [4.69, 9.17) is 4.74 Å². The van der Waals surface area contributed by atoms with Crippen molar-refractivity contribution in [3.63, 3.8) is 0 Å². The lowest BCUT2D eigenvalue weighted by molar-refractivity contribution is 0.420. The molecular weight excluding hydrogens is 410 g/mol. The topological polar surface area (TPSA) is 25.0 Å². The Bertz CT molecular complexity index is 1820. The van der Waals surface area contributed by atoms with E-state index in [1.807, 2.05) is 11.3 Å². The van der Waals surface area contributed by atoms with Gasteiger partial charge in [0.05, 0.1) is 11.8 Å². The minimum Gasteiger partial charge on any atom is -0.495 e. The zero-order valence-electron chi connectivity index (χ0n) is 17.5. The van der Waals surface area contributed by atoms with Crippen LogP contribution in [-0.2, 0) is 0 Å². The van der Waals surface area contributed by atoms with Crippen LogP contribution in [0.4, 0.5) is 0 Å². The second-order valence-electron chi connectivity index (χ2n) is 8.22. The Balaban J connectivity index is 1.70. The van der Waals surface area contributed by atoms with Gasteiger partial charge in [-0.3, -0.25) is 0 Å². The van der Waals surface area contributed by atoms with Crippen molar-refractivity contribution in [1.82, 2.24) is 4.98 Å². The van der Waals surface area contributed by atoms with E-state index in [1.165, 1.54) is 63.9 Å². The number of hydrogen-bond acceptors (Lipinski definition) is 2. The van der Waals surface area contributed by atoms with Crippen LogP contribution in [0.3, 0.4) is 0 Å². The molecule has 152 valence electrons. The fraction of sp³-hybridized carbons (Fsp3) is 0.0345. The molecule has 7 rings (SSSR count). The van der Waals surface area contributed by atoms with Crippen molar-refractivity contribution in [2.24, 2.45) is 0 Å². The summed E-state index contributed by atoms with van der Waals surface area (Å²) < 4.78 is 8.25. The predicted molar refractivity (Wildman–Crippen MR) is 138 cm³/mol. The van der Waals surface area contributed by atoms with Crippen LogP contribution in [0.5, 0.6) is 5.75 Å². The molecule has 0 aliphatic heterocycles. The highest BCUT2D eigenvalue weighted by molar-refractivity contribution is 7.27. The maximum atomic E-state index is 5.74. The van der Waals surface area contributed by atoms with Gasteiger partial charge in [0.25, 0.3) is 0 Å². The standard InChI is InChI=1S/C29H19NOS/c1-31-25-12-6-10-21-26-22(19-14-13-17-7-2-3-8-18(17)15-19)16-24-27(29(26)32-28(21)25)20-9-4-5-11-23(20)30-24/h2-16,30H,1H3. The van der Waals surface area contributed by atoms with Crippen LogP contribution in [0.1, 0.15) is 0 Å². The van der Waals surface area contributed by atoms with Gasteiger partial charge >= 0.3 is 0 Å². The maximum Gasteiger partial charge on any atom is 0.136 e. The minimum absolute atomic E-state index is 0.932. The summed E-state index contributed by atoms with van der Waals surface area (Å²) in [6, 6.07) is 32.6. The Labute approximate surface area is 188 Å². The van der Waals surface area contributed by atoms with E-state index in [-0.39, 0.29) is 0 Å². The summed E-state index contributed by atoms with van der Waals surface area (Å²) in [5, 5.41) is 7.63. The van der Waals surface area contributed by atoms with Gasteiger partial charge in [-0.15, -0.1) is 11.3 Å². The Kier molecular flexibility index (Phi) is 3.67. The van der Waals surface area contributed by atoms with Gasteiger partial charge in [0.2, 0.25) is 0 Å². The number of aromatic nitrogens is 1. The van der Waals surface area contributed by atoms with Gasteiger partial charge in [0, 0.05) is 37.3 Å². The Morgan fingerprint density at radius 1 is 0.656 bits per heavy atom. The second kappa shape index (κ2) is 6.59. The van der Waals surface area contributed by atoms with Crippen molar-refractivity contribution < 1.29 is 4.74 Å². The van der Waals surface area contributed by atoms with Crippen molar-refractivity contribution in [3.8, 4) is 16.9 Å². The fourth-order valence-electron chi connectivity index (χ4n) is 5.01. The summed E-state index contributed by atoms with van der Waals surface area (Å²) in [4.78, 5) is 3.67. The van der Waals surface area contributed by atoms with Crippen molar-refractivity contribution in [2.75, 3.05) is 7.11 Å². The van der Waals surface area contributed by atoms with Gasteiger partial charge in [0.1, 0.15) is 5.75 Å². The van der Waals surface area contributed by atoms with Gasteiger partial charge in [0.15, 0.2) is 0 Å². The Morgan fingerprint density at radius 2 is 1.47 bits per heavy atom. The zero-order valence-corrected chi connectivity index (χ0v) is 18.3. The van der Waals surface area contributed by atoms with E-state index >= 15 is 0 Å². The summed E-state index contributed by atoms with van der Waals surface area (Å²) in [6.45, 7) is 0. The SMILES string of the molecule is COc1cccc2c1sc1c2c(-c2ccc3ccccc3c2)cc2[nH]c3ccccc3c21. The van der Waals surface area contributed by atoms with Crippen molar-refractivity contribution >= 4 is 64.1 Å². The highest BCUT2D eigenvalue weighted by Crippen LogP contribution is 2.48. The van der Waals surface area contributed by atoms with Crippen LogP contribution in [-0.4, -0.2) is 12.1 Å². The largest absolute Gasteiger partial charge is 0.495 e. The molecule has 2 aromatic heterocycles. The number of nitrogens with one attached hydrogen (secondary N) is 1. The minimum atomic E-state index is 0.932. The summed E-state index contributed by atoms with van der Waals surface area (Å²) >= 11 is 1.83. The number of ether oxygens (including phenoxy) is 1. The van der Waals surface area contributed by atoms with Gasteiger partial charge in [-0.25, -0.2) is 0 Å². The van der Waals surface area contributed by atoms with E-state index in [0.29, 0.717) is 0 Å². The van der Waals surface area contributed by atoms with E-state index in [1.54, 1.807) is 7.11 Å². The summed E-state index contributed by atoms with van der Waals surface area (Å²) in [5.41, 5.74) is 4.83. The monoisotopic (exact) mass is 429 g/mol. The number of aromatic amines is 1. The van der Waals surface area contributed by atoms with Crippen LogP contribution >= 0.6 is 11.3 Å². The van der Waals surface area contributed by atoms with Gasteiger partial charge < -0.3 is 9.72 Å². The lowest BCUT2D eigenvalue weighted by atomic mass is 9.95. The molecule has 0 aliphatic carbocycles. The predicted octanol–water partition coefficient (Wildman–Crippen LogP) is 8.52. The normalized spacial score (nSPS) is 11.9. The van der Waals surface area contributed by atoms with Crippen LogP contribution < -0.4 is 4.74 Å². The Hall–Kier alpha value is -3.82. The molecule has 0 aliphatic rings. The molecule has 5 aromatic carbocycles. The first-order valence-corrected chi connectivity index (χ1v) is 11.6. The lowest BCUT2D eigenvalue weighted by Crippen LogP contribution is -1.83. The van der Waals surface area contributed by atoms with Crippen molar-refractivity contribution in [3.05, 3.63) is 91.0 Å². The number of rotatable bonds is 2. The third kappa shape index (κ3) is 2.40. The molecule has 2 nitrogen and oxygen atoms in total. The molecule has 0 amide bonds. The molecule has 0 saturated heterocycles. The number of benzene rings is 5. The lowest BCUT2D eigenvalue weighted by Gasteiger charge is -2.08. The average molecular weight is 430 g/mol. The molecule has 0 bridgehead atoms. The molecule has 0 fully saturated rings. The fourth-order valence-corrected chi connectivity index (χ4v) is 6.39. The number of thiophene rings is 1. The number of methoxy groups -OCH3 is 1. The number of fused-ring (bicyclic) bond motifs is 8. The van der Waals surface area contributed by atoms with Crippen LogP contribution in [0.15, 0.2) is 91.0 Å². The third-order valence-electron chi connectivity index (χ3n) is 6.48. The average Bonchev–Trinajstić information content (AvgIpc) is 3.41. The Morgan fingerprint density at radius 3 is 2.38 bits per heavy atom. The molecule has 0 unspecified atom stereocenters. The molecule has 7 aromatic rings. The molecule has 3 heteroatoms. The first kappa shape index (κ1) is 17.8. The maximum absolute atomic E-state index is 5.74. The quantitative estimate of drug-likeness (QED) is 0.293. The highest BCUT2D eigenvalue weighted by atomic mass is 32.1. The van der Waals surface area contributed by atoms with Crippen molar-refractivity contribution in [2.45, 2.75) is 0 Å². The molecule has 1 N–H and O–H groups in total. The van der Waals surface area contributed by atoms with E-state index in [2.05, 4.69) is 96.0 Å². The van der Waals surface area contributed by atoms with Crippen LogP contribution in [0.2, 0.25) is 0 Å². The molecular formula is C29H19NOS. The zero-order chi connectivity index (χ0) is 21.2. The van der Waals surface area contributed by atoms with Gasteiger partial charge in [-0.05, 0) is 46.2 Å². The van der Waals surface area contributed by atoms with Crippen LogP contribution in [0.25, 0.3) is 63.9 Å². The molecule has 0 spiro atoms. The van der Waals surface area contributed by atoms with Gasteiger partial charge in [-0.1, -0.05) is 66.7 Å². The third-order valence-corrected chi connectivity index (χ3v) is 7.72. The second-order valence-corrected chi connectivity index (χ2v) is 9.24. The number of hydrogen-bond donors (Lipinski definition) is 1. The summed E-state index contributed by atoms with van der Waals surface area (Å²) in [7, 11) is 1.75. The summed E-state index contributed by atoms with van der Waals surface area (Å²) in [6.07, 6.45) is 0. The molecule has 0 saturated carbocycles. The smallest absolute Gasteiger partial charge is 0.136 e. The molecule has 2 heterocycles. The number of H-pyrrole nitrogens is 1. The first-order valence-electron chi connectivity index (χ1n) is 10.7. The summed E-state index contributed by atoms with van der Waals surface area (Å²) in [5.74, 6) is 0.932. The van der Waals surface area contributed by atoms with E-state index in [9.17, 15) is 0 Å². The highest BCUT2D eigenvalue weighted by Gasteiger charge is 2.19. The van der Waals surface area contributed by atoms with E-state index in [0.717, 1.165) is 5.75 Å². The van der Waals surface area contributed by atoms with Gasteiger partial charge in [-0.2, -0.15) is 0 Å². The molecule has 0 atom stereocenters. The first-order chi connectivity index (χ1) is 15.8. The number of para-hydroxylation sites is 1. The van der Waals surface area contributed by atoms with Crippen molar-refractivity contribution in [1.29, 1.82) is 0 Å².